The fourth-order valence-electron chi connectivity index (χ4n) is 1.91. The molecule has 0 bridgehead atoms. The maximum absolute atomic E-state index is 12.8. The predicted molar refractivity (Wildman–Crippen MR) is 68.2 cm³/mol. The van der Waals surface area contributed by atoms with E-state index in [1.807, 2.05) is 0 Å². The van der Waals surface area contributed by atoms with E-state index in [4.69, 9.17) is 9.84 Å². The zero-order valence-electron chi connectivity index (χ0n) is 10.8. The number of rotatable bonds is 3. The summed E-state index contributed by atoms with van der Waals surface area (Å²) in [5.41, 5.74) is -1.31. The second-order valence-electron chi connectivity index (χ2n) is 4.12. The van der Waals surface area contributed by atoms with Gasteiger partial charge in [0.25, 0.3) is 0 Å². The Morgan fingerprint density at radius 1 is 1.29 bits per heavy atom. The summed E-state index contributed by atoms with van der Waals surface area (Å²) < 4.78 is 43.4. The minimum absolute atomic E-state index is 0.202. The van der Waals surface area contributed by atoms with Crippen LogP contribution >= 0.6 is 0 Å². The first kappa shape index (κ1) is 14.8. The van der Waals surface area contributed by atoms with Crippen LogP contribution in [0.4, 0.5) is 13.2 Å². The number of pyridine rings is 1. The third-order valence-electron chi connectivity index (χ3n) is 2.83. The first-order valence-corrected chi connectivity index (χ1v) is 5.78. The van der Waals surface area contributed by atoms with Crippen LogP contribution < -0.4 is 4.74 Å². The molecule has 0 amide bonds. The van der Waals surface area contributed by atoms with Gasteiger partial charge in [-0.2, -0.15) is 13.2 Å². The number of carboxylic acid groups (broad SMARTS) is 1. The van der Waals surface area contributed by atoms with Gasteiger partial charge in [0.2, 0.25) is 5.88 Å². The third-order valence-corrected chi connectivity index (χ3v) is 2.83. The highest BCUT2D eigenvalue weighted by atomic mass is 19.4. The summed E-state index contributed by atoms with van der Waals surface area (Å²) in [6.45, 7) is 0. The van der Waals surface area contributed by atoms with Crippen molar-refractivity contribution < 1.29 is 27.8 Å². The maximum atomic E-state index is 12.8. The maximum Gasteiger partial charge on any atom is 0.417 e. The van der Waals surface area contributed by atoms with Crippen LogP contribution in [0.5, 0.6) is 5.88 Å². The van der Waals surface area contributed by atoms with Crippen LogP contribution in [0.25, 0.3) is 11.1 Å². The van der Waals surface area contributed by atoms with Crippen molar-refractivity contribution in [1.82, 2.24) is 4.98 Å². The van der Waals surface area contributed by atoms with Crippen LogP contribution in [0.3, 0.4) is 0 Å². The standard InChI is InChI=1S/C14H10F3NO3/c1-21-12-9(3-2-6-18-12)8-4-5-11(14(15,16)17)10(7-8)13(19)20/h2-7H,1H3,(H,19,20). The van der Waals surface area contributed by atoms with Crippen LogP contribution in [0, 0.1) is 0 Å². The molecule has 0 fully saturated rings. The minimum Gasteiger partial charge on any atom is -0.481 e. The number of carboxylic acids is 1. The van der Waals surface area contributed by atoms with Crippen molar-refractivity contribution in [3.8, 4) is 17.0 Å². The molecule has 110 valence electrons. The Morgan fingerprint density at radius 2 is 2.00 bits per heavy atom. The van der Waals surface area contributed by atoms with Crippen LogP contribution in [-0.4, -0.2) is 23.2 Å². The lowest BCUT2D eigenvalue weighted by Crippen LogP contribution is -2.13. The van der Waals surface area contributed by atoms with Crippen molar-refractivity contribution in [2.24, 2.45) is 0 Å². The third kappa shape index (κ3) is 2.96. The normalized spacial score (nSPS) is 11.2. The van der Waals surface area contributed by atoms with E-state index >= 15 is 0 Å². The molecule has 0 unspecified atom stereocenters. The molecule has 0 aliphatic rings. The van der Waals surface area contributed by atoms with Gasteiger partial charge >= 0.3 is 12.1 Å². The highest BCUT2D eigenvalue weighted by Crippen LogP contribution is 2.35. The number of methoxy groups -OCH3 is 1. The van der Waals surface area contributed by atoms with Gasteiger partial charge in [-0.1, -0.05) is 6.07 Å². The van der Waals surface area contributed by atoms with E-state index in [2.05, 4.69) is 4.98 Å². The summed E-state index contributed by atoms with van der Waals surface area (Å²) in [6, 6.07) is 6.06. The van der Waals surface area contributed by atoms with Gasteiger partial charge in [-0.05, 0) is 29.8 Å². The van der Waals surface area contributed by atoms with E-state index in [0.29, 0.717) is 5.56 Å². The van der Waals surface area contributed by atoms with Crippen LogP contribution in [0.1, 0.15) is 15.9 Å². The number of hydrogen-bond donors (Lipinski definition) is 1. The number of halogens is 3. The molecule has 0 spiro atoms. The molecule has 0 aliphatic heterocycles. The molecule has 4 nitrogen and oxygen atoms in total. The summed E-state index contributed by atoms with van der Waals surface area (Å²) >= 11 is 0. The number of carbonyl (C=O) groups is 1. The molecule has 0 atom stereocenters. The molecular weight excluding hydrogens is 287 g/mol. The first-order chi connectivity index (χ1) is 9.84. The molecule has 1 heterocycles. The number of nitrogens with zero attached hydrogens (tertiary/aromatic N) is 1. The molecule has 0 aliphatic carbocycles. The van der Waals surface area contributed by atoms with Gasteiger partial charge < -0.3 is 9.84 Å². The van der Waals surface area contributed by atoms with Gasteiger partial charge in [0, 0.05) is 11.8 Å². The average Bonchev–Trinajstić information content (AvgIpc) is 2.45. The Morgan fingerprint density at radius 3 is 2.57 bits per heavy atom. The Bertz CT molecular complexity index is 683. The predicted octanol–water partition coefficient (Wildman–Crippen LogP) is 3.47. The Kier molecular flexibility index (Phi) is 3.84. The van der Waals surface area contributed by atoms with E-state index in [-0.39, 0.29) is 11.4 Å². The molecular formula is C14H10F3NO3. The van der Waals surface area contributed by atoms with Crippen molar-refractivity contribution in [2.75, 3.05) is 7.11 Å². The number of aromatic nitrogens is 1. The fourth-order valence-corrected chi connectivity index (χ4v) is 1.91. The SMILES string of the molecule is COc1ncccc1-c1ccc(C(F)(F)F)c(C(=O)O)c1. The molecule has 0 saturated heterocycles. The minimum atomic E-state index is -4.73. The Labute approximate surface area is 117 Å². The van der Waals surface area contributed by atoms with Crippen molar-refractivity contribution >= 4 is 5.97 Å². The van der Waals surface area contributed by atoms with Gasteiger partial charge in [-0.15, -0.1) is 0 Å². The largest absolute Gasteiger partial charge is 0.481 e. The zero-order chi connectivity index (χ0) is 15.6. The van der Waals surface area contributed by atoms with Gasteiger partial charge in [0.15, 0.2) is 0 Å². The quantitative estimate of drug-likeness (QED) is 0.942. The van der Waals surface area contributed by atoms with Crippen LogP contribution in [-0.2, 0) is 6.18 Å². The molecule has 2 rings (SSSR count). The summed E-state index contributed by atoms with van der Waals surface area (Å²) in [6.07, 6.45) is -3.27. The lowest BCUT2D eigenvalue weighted by molar-refractivity contribution is -0.138. The molecule has 7 heteroatoms. The highest BCUT2D eigenvalue weighted by Gasteiger charge is 2.35. The number of hydrogen-bond acceptors (Lipinski definition) is 3. The van der Waals surface area contributed by atoms with E-state index in [1.165, 1.54) is 19.4 Å². The van der Waals surface area contributed by atoms with E-state index < -0.39 is 23.3 Å². The Balaban J connectivity index is 2.63. The average molecular weight is 297 g/mol. The fraction of sp³-hybridized carbons (Fsp3) is 0.143. The van der Waals surface area contributed by atoms with Crippen molar-refractivity contribution in [3.05, 3.63) is 47.7 Å². The second-order valence-corrected chi connectivity index (χ2v) is 4.12. The van der Waals surface area contributed by atoms with Crippen LogP contribution in [0.15, 0.2) is 36.5 Å². The van der Waals surface area contributed by atoms with Gasteiger partial charge in [-0.25, -0.2) is 9.78 Å². The number of ether oxygens (including phenoxy) is 1. The van der Waals surface area contributed by atoms with Crippen molar-refractivity contribution in [3.63, 3.8) is 0 Å². The molecule has 0 radical (unpaired) electrons. The summed E-state index contributed by atoms with van der Waals surface area (Å²) in [7, 11) is 1.37. The molecule has 2 aromatic rings. The van der Waals surface area contributed by atoms with E-state index in [9.17, 15) is 18.0 Å². The number of benzene rings is 1. The number of alkyl halides is 3. The van der Waals surface area contributed by atoms with Crippen molar-refractivity contribution in [2.45, 2.75) is 6.18 Å². The Hall–Kier alpha value is -2.57. The highest BCUT2D eigenvalue weighted by molar-refractivity contribution is 5.91. The molecule has 1 aromatic heterocycles. The lowest BCUT2D eigenvalue weighted by atomic mass is 9.99. The van der Waals surface area contributed by atoms with Crippen molar-refractivity contribution in [1.29, 1.82) is 0 Å². The summed E-state index contributed by atoms with van der Waals surface area (Å²) in [4.78, 5) is 15.0. The smallest absolute Gasteiger partial charge is 0.417 e. The van der Waals surface area contributed by atoms with Crippen LogP contribution in [0.2, 0.25) is 0 Å². The molecule has 1 aromatic carbocycles. The monoisotopic (exact) mass is 297 g/mol. The number of aromatic carboxylic acids is 1. The van der Waals surface area contributed by atoms with E-state index in [1.54, 1.807) is 12.1 Å². The second kappa shape index (κ2) is 5.43. The molecule has 21 heavy (non-hydrogen) atoms. The molecule has 1 N–H and O–H groups in total. The van der Waals surface area contributed by atoms with E-state index in [0.717, 1.165) is 12.1 Å². The summed E-state index contributed by atoms with van der Waals surface area (Å²) in [5.74, 6) is -1.44. The summed E-state index contributed by atoms with van der Waals surface area (Å²) in [5, 5.41) is 8.98. The molecule has 0 saturated carbocycles. The van der Waals surface area contributed by atoms with Gasteiger partial charge in [-0.3, -0.25) is 0 Å². The zero-order valence-corrected chi connectivity index (χ0v) is 10.8. The lowest BCUT2D eigenvalue weighted by Gasteiger charge is -2.13. The topological polar surface area (TPSA) is 59.4 Å². The van der Waals surface area contributed by atoms with Gasteiger partial charge in [0.1, 0.15) is 0 Å². The van der Waals surface area contributed by atoms with Gasteiger partial charge in [0.05, 0.1) is 18.2 Å². The first-order valence-electron chi connectivity index (χ1n) is 5.78.